The number of aryl methyl sites for hydroxylation is 2. The number of hydrogen-bond donors (Lipinski definition) is 1. The molecule has 27 heavy (non-hydrogen) atoms. The van der Waals surface area contributed by atoms with Crippen molar-refractivity contribution in [1.82, 2.24) is 19.9 Å². The van der Waals surface area contributed by atoms with Gasteiger partial charge >= 0.3 is 0 Å². The van der Waals surface area contributed by atoms with Gasteiger partial charge in [-0.1, -0.05) is 18.2 Å². The van der Waals surface area contributed by atoms with Crippen molar-refractivity contribution < 1.29 is 9.21 Å². The van der Waals surface area contributed by atoms with Crippen molar-refractivity contribution in [2.24, 2.45) is 0 Å². The molecule has 0 atom stereocenters. The van der Waals surface area contributed by atoms with Gasteiger partial charge in [0.05, 0.1) is 12.7 Å². The molecule has 1 amide bonds. The van der Waals surface area contributed by atoms with Gasteiger partial charge in [0.2, 0.25) is 5.91 Å². The molecule has 0 spiro atoms. The molecule has 1 aromatic carbocycles. The second-order valence-electron chi connectivity index (χ2n) is 6.59. The van der Waals surface area contributed by atoms with Crippen LogP contribution in [0.4, 0.5) is 0 Å². The topological polar surface area (TPSA) is 73.0 Å². The van der Waals surface area contributed by atoms with Gasteiger partial charge in [-0.3, -0.25) is 9.36 Å². The molecule has 0 aliphatic heterocycles. The van der Waals surface area contributed by atoms with E-state index in [2.05, 4.69) is 28.3 Å². The average Bonchev–Trinajstić information content (AvgIpc) is 3.34. The molecule has 0 aliphatic carbocycles. The number of nitrogens with zero attached hydrogens (tertiary/aromatic N) is 3. The maximum atomic E-state index is 12.3. The van der Waals surface area contributed by atoms with Crippen LogP contribution in [0.15, 0.2) is 59.9 Å². The fourth-order valence-corrected chi connectivity index (χ4v) is 3.03. The first-order chi connectivity index (χ1) is 13.1. The predicted octanol–water partition coefficient (Wildman–Crippen LogP) is 3.49. The zero-order chi connectivity index (χ0) is 18.8. The fourth-order valence-electron chi connectivity index (χ4n) is 3.03. The molecule has 6 nitrogen and oxygen atoms in total. The second-order valence-corrected chi connectivity index (χ2v) is 6.59. The van der Waals surface area contributed by atoms with Gasteiger partial charge in [0, 0.05) is 36.1 Å². The Morgan fingerprint density at radius 3 is 2.85 bits per heavy atom. The normalized spacial score (nSPS) is 11.0. The summed E-state index contributed by atoms with van der Waals surface area (Å²) in [7, 11) is 0. The number of carbonyl (C=O) groups is 1. The van der Waals surface area contributed by atoms with Gasteiger partial charge in [0.15, 0.2) is 0 Å². The predicted molar refractivity (Wildman–Crippen MR) is 103 cm³/mol. The first-order valence-electron chi connectivity index (χ1n) is 8.78. The molecule has 1 N–H and O–H groups in total. The van der Waals surface area contributed by atoms with Gasteiger partial charge < -0.3 is 9.73 Å². The summed E-state index contributed by atoms with van der Waals surface area (Å²) in [6.45, 7) is 4.52. The summed E-state index contributed by atoms with van der Waals surface area (Å²) in [6, 6.07) is 7.92. The SMILES string of the molecule is Cc1ccc2c(CC(=O)NCc3ccc(-n4ccnc4)nc3)coc2c1C. The van der Waals surface area contributed by atoms with Gasteiger partial charge in [-0.2, -0.15) is 0 Å². The van der Waals surface area contributed by atoms with Gasteiger partial charge in [-0.15, -0.1) is 0 Å². The Morgan fingerprint density at radius 1 is 1.22 bits per heavy atom. The zero-order valence-electron chi connectivity index (χ0n) is 15.3. The molecule has 3 aromatic heterocycles. The quantitative estimate of drug-likeness (QED) is 0.591. The van der Waals surface area contributed by atoms with Crippen LogP contribution in [0.5, 0.6) is 0 Å². The minimum Gasteiger partial charge on any atom is -0.464 e. The van der Waals surface area contributed by atoms with Crippen molar-refractivity contribution >= 4 is 16.9 Å². The van der Waals surface area contributed by atoms with E-state index in [0.717, 1.165) is 33.5 Å². The van der Waals surface area contributed by atoms with Gasteiger partial charge in [0.1, 0.15) is 17.7 Å². The molecular weight excluding hydrogens is 340 g/mol. The number of furan rings is 1. The molecule has 0 radical (unpaired) electrons. The van der Waals surface area contributed by atoms with Gasteiger partial charge in [-0.05, 0) is 36.6 Å². The number of rotatable bonds is 5. The minimum atomic E-state index is -0.0467. The molecular formula is C21H20N4O2. The molecule has 0 saturated heterocycles. The van der Waals surface area contributed by atoms with Gasteiger partial charge in [0.25, 0.3) is 0 Å². The third kappa shape index (κ3) is 3.46. The average molecular weight is 360 g/mol. The van der Waals surface area contributed by atoms with Crippen molar-refractivity contribution in [3.8, 4) is 5.82 Å². The maximum Gasteiger partial charge on any atom is 0.224 e. The van der Waals surface area contributed by atoms with Crippen LogP contribution < -0.4 is 5.32 Å². The highest BCUT2D eigenvalue weighted by Gasteiger charge is 2.12. The largest absolute Gasteiger partial charge is 0.464 e. The van der Waals surface area contributed by atoms with Crippen LogP contribution in [-0.2, 0) is 17.8 Å². The zero-order valence-corrected chi connectivity index (χ0v) is 15.3. The van der Waals surface area contributed by atoms with Crippen LogP contribution in [0.2, 0.25) is 0 Å². The monoisotopic (exact) mass is 360 g/mol. The minimum absolute atomic E-state index is 0.0467. The second kappa shape index (κ2) is 7.07. The third-order valence-electron chi connectivity index (χ3n) is 4.76. The molecule has 0 bridgehead atoms. The van der Waals surface area contributed by atoms with Crippen molar-refractivity contribution in [3.63, 3.8) is 0 Å². The summed E-state index contributed by atoms with van der Waals surface area (Å²) in [5, 5.41) is 3.94. The lowest BCUT2D eigenvalue weighted by Crippen LogP contribution is -2.24. The lowest BCUT2D eigenvalue weighted by molar-refractivity contribution is -0.120. The summed E-state index contributed by atoms with van der Waals surface area (Å²) in [5.74, 6) is 0.743. The van der Waals surface area contributed by atoms with Gasteiger partial charge in [-0.25, -0.2) is 9.97 Å². The molecule has 4 aromatic rings. The molecule has 0 fully saturated rings. The first kappa shape index (κ1) is 17.0. The molecule has 136 valence electrons. The molecule has 0 aliphatic rings. The van der Waals surface area contributed by atoms with E-state index in [-0.39, 0.29) is 12.3 Å². The Hall–Kier alpha value is -3.41. The van der Waals surface area contributed by atoms with E-state index in [9.17, 15) is 4.79 Å². The lowest BCUT2D eigenvalue weighted by atomic mass is 10.0. The number of benzene rings is 1. The number of nitrogens with one attached hydrogen (secondary N) is 1. The van der Waals surface area contributed by atoms with E-state index < -0.39 is 0 Å². The number of pyridine rings is 1. The van der Waals surface area contributed by atoms with E-state index in [0.29, 0.717) is 6.54 Å². The van der Waals surface area contributed by atoms with E-state index in [1.807, 2.05) is 35.9 Å². The Morgan fingerprint density at radius 2 is 2.11 bits per heavy atom. The maximum absolute atomic E-state index is 12.3. The first-order valence-corrected chi connectivity index (χ1v) is 8.78. The highest BCUT2D eigenvalue weighted by atomic mass is 16.3. The van der Waals surface area contributed by atoms with Crippen LogP contribution in [0.25, 0.3) is 16.8 Å². The van der Waals surface area contributed by atoms with Crippen molar-refractivity contribution in [3.05, 3.63) is 77.7 Å². The Labute approximate surface area is 156 Å². The molecule has 0 unspecified atom stereocenters. The van der Waals surface area contributed by atoms with E-state index >= 15 is 0 Å². The van der Waals surface area contributed by atoms with Crippen molar-refractivity contribution in [2.45, 2.75) is 26.8 Å². The van der Waals surface area contributed by atoms with Crippen LogP contribution in [0, 0.1) is 13.8 Å². The summed E-state index contributed by atoms with van der Waals surface area (Å²) >= 11 is 0. The number of aromatic nitrogens is 3. The smallest absolute Gasteiger partial charge is 0.224 e. The molecule has 0 saturated carbocycles. The Bertz CT molecular complexity index is 1080. The van der Waals surface area contributed by atoms with Crippen LogP contribution in [-0.4, -0.2) is 20.4 Å². The number of hydrogen-bond acceptors (Lipinski definition) is 4. The summed E-state index contributed by atoms with van der Waals surface area (Å²) in [5.41, 5.74) is 5.00. The van der Waals surface area contributed by atoms with Crippen LogP contribution in [0.3, 0.4) is 0 Å². The van der Waals surface area contributed by atoms with Crippen molar-refractivity contribution in [2.75, 3.05) is 0 Å². The molecule has 3 heterocycles. The van der Waals surface area contributed by atoms with Crippen LogP contribution in [0.1, 0.15) is 22.3 Å². The summed E-state index contributed by atoms with van der Waals surface area (Å²) < 4.78 is 7.50. The molecule has 6 heteroatoms. The van der Waals surface area contributed by atoms with Crippen LogP contribution >= 0.6 is 0 Å². The standard InChI is InChI=1S/C21H20N4O2/c1-14-3-5-18-17(12-27-21(18)15(14)2)9-20(26)24-11-16-4-6-19(23-10-16)25-8-7-22-13-25/h3-8,10,12-13H,9,11H2,1-2H3,(H,24,26). The molecule has 4 rings (SSSR count). The number of carbonyl (C=O) groups excluding carboxylic acids is 1. The highest BCUT2D eigenvalue weighted by molar-refractivity contribution is 5.89. The highest BCUT2D eigenvalue weighted by Crippen LogP contribution is 2.26. The summed E-state index contributed by atoms with van der Waals surface area (Å²) in [6.07, 6.45) is 8.96. The lowest BCUT2D eigenvalue weighted by Gasteiger charge is -2.06. The fraction of sp³-hybridized carbons (Fsp3) is 0.190. The number of fused-ring (bicyclic) bond motifs is 1. The number of imidazole rings is 1. The Balaban J connectivity index is 1.39. The number of amides is 1. The van der Waals surface area contributed by atoms with Crippen molar-refractivity contribution in [1.29, 1.82) is 0 Å². The summed E-state index contributed by atoms with van der Waals surface area (Å²) in [4.78, 5) is 20.7. The van der Waals surface area contributed by atoms with E-state index in [1.54, 1.807) is 25.0 Å². The van der Waals surface area contributed by atoms with E-state index in [4.69, 9.17) is 4.42 Å². The van der Waals surface area contributed by atoms with E-state index in [1.165, 1.54) is 5.56 Å². The Kier molecular flexibility index (Phi) is 4.46. The third-order valence-corrected chi connectivity index (χ3v) is 4.76.